The van der Waals surface area contributed by atoms with Crippen LogP contribution in [-0.4, -0.2) is 20.9 Å². The van der Waals surface area contributed by atoms with Gasteiger partial charge >= 0.3 is 0 Å². The number of rotatable bonds is 2. The molecule has 0 spiro atoms. The molecule has 0 unspecified atom stereocenters. The zero-order chi connectivity index (χ0) is 16.7. The number of nitrogens with zero attached hydrogens (tertiary/aromatic N) is 3. The van der Waals surface area contributed by atoms with Gasteiger partial charge < -0.3 is 4.98 Å². The Morgan fingerprint density at radius 1 is 1.21 bits per heavy atom. The third-order valence-electron chi connectivity index (χ3n) is 3.65. The van der Waals surface area contributed by atoms with Crippen molar-refractivity contribution in [1.82, 2.24) is 14.6 Å². The van der Waals surface area contributed by atoms with Crippen LogP contribution in [0.3, 0.4) is 0 Å². The monoisotopic (exact) mass is 384 g/mol. The highest BCUT2D eigenvalue weighted by Crippen LogP contribution is 2.22. The second-order valence-corrected chi connectivity index (χ2v) is 6.14. The first-order valence-electron chi connectivity index (χ1n) is 7.10. The van der Waals surface area contributed by atoms with Crippen LogP contribution in [0.15, 0.2) is 63.2 Å². The van der Waals surface area contributed by atoms with Crippen LogP contribution in [0.5, 0.6) is 0 Å². The summed E-state index contributed by atoms with van der Waals surface area (Å²) in [5, 5.41) is 4.73. The average Bonchev–Trinajstić information content (AvgIpc) is 2.95. The molecule has 0 fully saturated rings. The van der Waals surface area contributed by atoms with Gasteiger partial charge in [0.1, 0.15) is 23.2 Å². The third-order valence-corrected chi connectivity index (χ3v) is 4.18. The summed E-state index contributed by atoms with van der Waals surface area (Å²) < 4.78 is 15.5. The second-order valence-electron chi connectivity index (χ2n) is 5.23. The number of benzene rings is 2. The van der Waals surface area contributed by atoms with E-state index in [1.54, 1.807) is 12.3 Å². The van der Waals surface area contributed by atoms with Crippen LogP contribution in [-0.2, 0) is 0 Å². The van der Waals surface area contributed by atoms with Crippen molar-refractivity contribution in [1.29, 1.82) is 0 Å². The minimum absolute atomic E-state index is 0.297. The maximum absolute atomic E-state index is 13.4. The van der Waals surface area contributed by atoms with E-state index in [9.17, 15) is 9.18 Å². The molecule has 0 saturated carbocycles. The summed E-state index contributed by atoms with van der Waals surface area (Å²) in [6.45, 7) is 0. The molecule has 4 aromatic rings. The predicted molar refractivity (Wildman–Crippen MR) is 95.0 cm³/mol. The molecule has 5 nitrogen and oxygen atoms in total. The van der Waals surface area contributed by atoms with Crippen molar-refractivity contribution in [3.63, 3.8) is 0 Å². The largest absolute Gasteiger partial charge is 0.349 e. The van der Waals surface area contributed by atoms with Crippen LogP contribution < -0.4 is 5.56 Å². The Labute approximate surface area is 143 Å². The second kappa shape index (κ2) is 5.68. The lowest BCUT2D eigenvalue weighted by Gasteiger charge is -1.98. The van der Waals surface area contributed by atoms with E-state index in [-0.39, 0.29) is 11.4 Å². The van der Waals surface area contributed by atoms with E-state index in [0.29, 0.717) is 21.9 Å². The molecular formula is C17H10BrFN4O. The highest BCUT2D eigenvalue weighted by molar-refractivity contribution is 9.10. The maximum Gasteiger partial charge on any atom is 0.298 e. The van der Waals surface area contributed by atoms with Gasteiger partial charge in [0, 0.05) is 15.4 Å². The van der Waals surface area contributed by atoms with Gasteiger partial charge in [-0.2, -0.15) is 9.78 Å². The van der Waals surface area contributed by atoms with Gasteiger partial charge in [-0.3, -0.25) is 4.79 Å². The van der Waals surface area contributed by atoms with Crippen LogP contribution in [0, 0.1) is 5.82 Å². The van der Waals surface area contributed by atoms with Crippen molar-refractivity contribution in [2.45, 2.75) is 0 Å². The van der Waals surface area contributed by atoms with Crippen molar-refractivity contribution in [3.05, 3.63) is 75.0 Å². The fourth-order valence-corrected chi connectivity index (χ4v) is 2.74. The fraction of sp³-hybridized carbons (Fsp3) is 0. The number of nitrogens with one attached hydrogen (secondary N) is 1. The summed E-state index contributed by atoms with van der Waals surface area (Å²) in [6.07, 6.45) is 2.90. The topological polar surface area (TPSA) is 63.0 Å². The van der Waals surface area contributed by atoms with E-state index in [1.165, 1.54) is 18.5 Å². The summed E-state index contributed by atoms with van der Waals surface area (Å²) in [4.78, 5) is 19.8. The molecule has 0 aliphatic heterocycles. The number of hydrogen-bond acceptors (Lipinski definition) is 3. The van der Waals surface area contributed by atoms with Gasteiger partial charge in [0.05, 0.1) is 6.21 Å². The quantitative estimate of drug-likeness (QED) is 0.536. The molecule has 0 radical (unpaired) electrons. The zero-order valence-electron chi connectivity index (χ0n) is 12.2. The summed E-state index contributed by atoms with van der Waals surface area (Å²) in [6, 6.07) is 11.8. The van der Waals surface area contributed by atoms with E-state index < -0.39 is 0 Å². The molecule has 4 rings (SSSR count). The van der Waals surface area contributed by atoms with Crippen molar-refractivity contribution < 1.29 is 4.39 Å². The number of aromatic amines is 1. The molecule has 0 aliphatic carbocycles. The Kier molecular flexibility index (Phi) is 3.50. The Bertz CT molecular complexity index is 1150. The van der Waals surface area contributed by atoms with Gasteiger partial charge in [0.25, 0.3) is 5.56 Å². The molecular weight excluding hydrogens is 375 g/mol. The van der Waals surface area contributed by atoms with Gasteiger partial charge in [-0.25, -0.2) is 9.37 Å². The number of aromatic nitrogens is 3. The molecule has 0 amide bonds. The Hall–Kier alpha value is -2.80. The molecule has 118 valence electrons. The molecule has 24 heavy (non-hydrogen) atoms. The summed E-state index contributed by atoms with van der Waals surface area (Å²) in [7, 11) is 0. The average molecular weight is 385 g/mol. The first kappa shape index (κ1) is 14.8. The molecule has 7 heteroatoms. The summed E-state index contributed by atoms with van der Waals surface area (Å²) in [5.74, 6) is -0.373. The maximum atomic E-state index is 13.4. The highest BCUT2D eigenvalue weighted by Gasteiger charge is 2.11. The molecule has 0 aliphatic rings. The third kappa shape index (κ3) is 2.52. The summed E-state index contributed by atoms with van der Waals surface area (Å²) >= 11 is 3.36. The zero-order valence-corrected chi connectivity index (χ0v) is 13.8. The van der Waals surface area contributed by atoms with E-state index in [1.807, 2.05) is 24.3 Å². The van der Waals surface area contributed by atoms with Gasteiger partial charge in [0.2, 0.25) is 0 Å². The van der Waals surface area contributed by atoms with Gasteiger partial charge in [0.15, 0.2) is 0 Å². The van der Waals surface area contributed by atoms with Gasteiger partial charge in [-0.05, 0) is 35.9 Å². The van der Waals surface area contributed by atoms with E-state index in [4.69, 9.17) is 0 Å². The number of fused-ring (bicyclic) bond motifs is 3. The number of H-pyrrole nitrogens is 1. The van der Waals surface area contributed by atoms with E-state index in [0.717, 1.165) is 14.7 Å². The normalized spacial score (nSPS) is 11.8. The molecule has 2 aromatic heterocycles. The smallest absolute Gasteiger partial charge is 0.298 e. The van der Waals surface area contributed by atoms with Crippen LogP contribution >= 0.6 is 15.9 Å². The Morgan fingerprint density at radius 3 is 2.79 bits per heavy atom. The van der Waals surface area contributed by atoms with E-state index in [2.05, 4.69) is 31.0 Å². The van der Waals surface area contributed by atoms with Crippen LogP contribution in [0.2, 0.25) is 0 Å². The lowest BCUT2D eigenvalue weighted by atomic mass is 10.2. The number of hydrogen-bond donors (Lipinski definition) is 1. The Morgan fingerprint density at radius 2 is 2.00 bits per heavy atom. The summed E-state index contributed by atoms with van der Waals surface area (Å²) in [5.41, 5.74) is 1.90. The predicted octanol–water partition coefficient (Wildman–Crippen LogP) is 3.66. The number of halogens is 2. The van der Waals surface area contributed by atoms with Crippen molar-refractivity contribution in [3.8, 4) is 0 Å². The molecule has 0 bridgehead atoms. The van der Waals surface area contributed by atoms with E-state index >= 15 is 0 Å². The van der Waals surface area contributed by atoms with Crippen molar-refractivity contribution in [2.75, 3.05) is 0 Å². The molecule has 2 heterocycles. The van der Waals surface area contributed by atoms with Gasteiger partial charge in [-0.15, -0.1) is 0 Å². The van der Waals surface area contributed by atoms with Crippen molar-refractivity contribution in [2.24, 2.45) is 5.10 Å². The van der Waals surface area contributed by atoms with Gasteiger partial charge in [-0.1, -0.05) is 28.1 Å². The molecule has 0 saturated heterocycles. The van der Waals surface area contributed by atoms with Crippen LogP contribution in [0.1, 0.15) is 5.56 Å². The van der Waals surface area contributed by atoms with Crippen molar-refractivity contribution >= 4 is 44.1 Å². The highest BCUT2D eigenvalue weighted by atomic mass is 79.9. The first-order valence-corrected chi connectivity index (χ1v) is 7.89. The van der Waals surface area contributed by atoms with Crippen LogP contribution in [0.25, 0.3) is 21.9 Å². The lowest BCUT2D eigenvalue weighted by molar-refractivity contribution is 0.630. The molecule has 1 N–H and O–H groups in total. The Balaban J connectivity index is 1.82. The lowest BCUT2D eigenvalue weighted by Crippen LogP contribution is -2.17. The fourth-order valence-electron chi connectivity index (χ4n) is 2.48. The minimum atomic E-state index is -0.373. The standard InChI is InChI=1S/C17H10BrFN4O/c18-11-3-1-10(2-4-11)8-21-23-9-20-15-13-7-12(19)5-6-14(13)22-16(15)17(23)24/h1-9,22H/b21-8-. The SMILES string of the molecule is O=c1c2[nH]c3ccc(F)cc3c2ncn1/N=C\c1ccc(Br)cc1. The molecule has 0 atom stereocenters. The molecule has 2 aromatic carbocycles. The minimum Gasteiger partial charge on any atom is -0.349 e. The van der Waals surface area contributed by atoms with Crippen LogP contribution in [0.4, 0.5) is 4.39 Å². The first-order chi connectivity index (χ1) is 11.6.